The summed E-state index contributed by atoms with van der Waals surface area (Å²) >= 11 is 0. The Balaban J connectivity index is 2.15. The largest absolute Gasteiger partial charge is 0.508 e. The number of aromatic hydroxyl groups is 1. The molecule has 2 N–H and O–H groups in total. The van der Waals surface area contributed by atoms with Gasteiger partial charge in [0.05, 0.1) is 5.52 Å². The molecule has 2 heterocycles. The lowest BCUT2D eigenvalue weighted by Crippen LogP contribution is -2.43. The number of phenols is 1. The van der Waals surface area contributed by atoms with Crippen LogP contribution in [-0.2, 0) is 9.59 Å². The number of benzene rings is 1. The molecule has 0 radical (unpaired) electrons. The zero-order valence-electron chi connectivity index (χ0n) is 9.75. The molecule has 7 heteroatoms. The molecule has 2 amide bonds. The van der Waals surface area contributed by atoms with Gasteiger partial charge in [0.2, 0.25) is 11.8 Å². The average molecular weight is 262 g/mol. The number of nitrogens with one attached hydrogen (secondary N) is 1. The Morgan fingerprint density at radius 2 is 2.11 bits per heavy atom. The number of oxazole rings is 1. The van der Waals surface area contributed by atoms with E-state index >= 15 is 0 Å². The first-order valence-corrected chi connectivity index (χ1v) is 5.74. The molecule has 1 fully saturated rings. The number of fused-ring (bicyclic) bond motifs is 1. The maximum Gasteiger partial charge on any atom is 0.420 e. The van der Waals surface area contributed by atoms with Gasteiger partial charge < -0.3 is 9.52 Å². The summed E-state index contributed by atoms with van der Waals surface area (Å²) in [6.45, 7) is 0. The van der Waals surface area contributed by atoms with E-state index in [-0.39, 0.29) is 30.1 Å². The summed E-state index contributed by atoms with van der Waals surface area (Å²) in [6, 6.07) is 3.44. The fourth-order valence-electron chi connectivity index (χ4n) is 2.25. The van der Waals surface area contributed by atoms with Crippen LogP contribution in [0.3, 0.4) is 0 Å². The van der Waals surface area contributed by atoms with Gasteiger partial charge in [0.15, 0.2) is 5.58 Å². The molecular formula is C12H10N2O5. The van der Waals surface area contributed by atoms with E-state index in [4.69, 9.17) is 4.42 Å². The van der Waals surface area contributed by atoms with E-state index < -0.39 is 17.7 Å². The molecule has 1 aliphatic heterocycles. The van der Waals surface area contributed by atoms with Crippen LogP contribution >= 0.6 is 0 Å². The first-order chi connectivity index (χ1) is 9.06. The maximum absolute atomic E-state index is 11.8. The van der Waals surface area contributed by atoms with Crippen molar-refractivity contribution in [3.8, 4) is 5.75 Å². The molecule has 3 rings (SSSR count). The Labute approximate surface area is 106 Å². The van der Waals surface area contributed by atoms with Crippen molar-refractivity contribution in [3.63, 3.8) is 0 Å². The first kappa shape index (κ1) is 11.5. The van der Waals surface area contributed by atoms with E-state index in [2.05, 4.69) is 5.32 Å². The molecule has 1 aliphatic rings. The number of nitrogens with zero attached hydrogens (tertiary/aromatic N) is 1. The summed E-state index contributed by atoms with van der Waals surface area (Å²) in [5.74, 6) is -1.58. The zero-order valence-corrected chi connectivity index (χ0v) is 9.75. The van der Waals surface area contributed by atoms with Crippen LogP contribution < -0.4 is 11.1 Å². The van der Waals surface area contributed by atoms with E-state index in [0.717, 1.165) is 0 Å². The molecule has 0 spiro atoms. The van der Waals surface area contributed by atoms with Crippen LogP contribution in [0.2, 0.25) is 0 Å². The van der Waals surface area contributed by atoms with Crippen molar-refractivity contribution < 1.29 is 19.1 Å². The van der Waals surface area contributed by atoms with E-state index in [1.807, 2.05) is 0 Å². The predicted molar refractivity (Wildman–Crippen MR) is 63.6 cm³/mol. The van der Waals surface area contributed by atoms with Crippen molar-refractivity contribution in [2.24, 2.45) is 0 Å². The van der Waals surface area contributed by atoms with Crippen molar-refractivity contribution in [1.29, 1.82) is 0 Å². The van der Waals surface area contributed by atoms with Gasteiger partial charge in [-0.2, -0.15) is 0 Å². The summed E-state index contributed by atoms with van der Waals surface area (Å²) in [7, 11) is 0. The highest BCUT2D eigenvalue weighted by Gasteiger charge is 2.31. The van der Waals surface area contributed by atoms with Crippen LogP contribution in [0.15, 0.2) is 27.4 Å². The number of aromatic nitrogens is 1. The zero-order chi connectivity index (χ0) is 13.6. The van der Waals surface area contributed by atoms with Crippen molar-refractivity contribution in [2.45, 2.75) is 18.9 Å². The number of imide groups is 1. The quantitative estimate of drug-likeness (QED) is 0.719. The topological polar surface area (TPSA) is 102 Å². The normalized spacial score (nSPS) is 19.7. The molecule has 7 nitrogen and oxygen atoms in total. The third-order valence-electron chi connectivity index (χ3n) is 3.12. The molecule has 1 saturated heterocycles. The molecule has 2 aromatic rings. The van der Waals surface area contributed by atoms with Crippen LogP contribution in [0.5, 0.6) is 5.75 Å². The van der Waals surface area contributed by atoms with E-state index in [9.17, 15) is 19.5 Å². The van der Waals surface area contributed by atoms with Crippen LogP contribution in [-0.4, -0.2) is 21.5 Å². The van der Waals surface area contributed by atoms with Crippen LogP contribution in [0.25, 0.3) is 11.1 Å². The molecule has 0 aliphatic carbocycles. The van der Waals surface area contributed by atoms with Gasteiger partial charge >= 0.3 is 5.76 Å². The first-order valence-electron chi connectivity index (χ1n) is 5.74. The minimum absolute atomic E-state index is 0.0309. The molecule has 1 unspecified atom stereocenters. The van der Waals surface area contributed by atoms with Crippen LogP contribution in [0.1, 0.15) is 18.9 Å². The van der Waals surface area contributed by atoms with Gasteiger partial charge in [-0.05, 0) is 18.6 Å². The van der Waals surface area contributed by atoms with Gasteiger partial charge in [-0.3, -0.25) is 19.5 Å². The second-order valence-corrected chi connectivity index (χ2v) is 4.36. The SMILES string of the molecule is O=C1CCC(n2c(=O)oc3cc(O)ccc32)C(=O)N1. The van der Waals surface area contributed by atoms with Gasteiger partial charge in [0.25, 0.3) is 0 Å². The molecule has 1 aromatic carbocycles. The number of amides is 2. The minimum Gasteiger partial charge on any atom is -0.508 e. The summed E-state index contributed by atoms with van der Waals surface area (Å²) in [5, 5.41) is 11.5. The minimum atomic E-state index is -0.768. The second kappa shape index (κ2) is 3.98. The predicted octanol–water partition coefficient (Wildman–Crippen LogP) is 0.278. The summed E-state index contributed by atoms with van der Waals surface area (Å²) in [6.07, 6.45) is 0.424. The van der Waals surface area contributed by atoms with E-state index in [1.54, 1.807) is 0 Å². The summed E-state index contributed by atoms with van der Waals surface area (Å²) in [4.78, 5) is 34.7. The van der Waals surface area contributed by atoms with Gasteiger partial charge in [-0.25, -0.2) is 4.79 Å². The fraction of sp³-hybridized carbons (Fsp3) is 0.250. The fourth-order valence-corrected chi connectivity index (χ4v) is 2.25. The molecule has 1 atom stereocenters. The molecule has 0 bridgehead atoms. The van der Waals surface area contributed by atoms with Crippen LogP contribution in [0, 0.1) is 0 Å². The molecule has 98 valence electrons. The summed E-state index contributed by atoms with van der Waals surface area (Å²) < 4.78 is 6.20. The van der Waals surface area contributed by atoms with Crippen molar-refractivity contribution in [1.82, 2.24) is 9.88 Å². The highest BCUT2D eigenvalue weighted by atomic mass is 16.4. The number of carbonyl (C=O) groups is 2. The average Bonchev–Trinajstić information content (AvgIpc) is 2.65. The lowest BCUT2D eigenvalue weighted by atomic mass is 10.1. The molecule has 19 heavy (non-hydrogen) atoms. The monoisotopic (exact) mass is 262 g/mol. The highest BCUT2D eigenvalue weighted by molar-refractivity contribution is 6.00. The van der Waals surface area contributed by atoms with Gasteiger partial charge in [0.1, 0.15) is 11.8 Å². The van der Waals surface area contributed by atoms with Gasteiger partial charge in [0, 0.05) is 12.5 Å². The standard InChI is InChI=1S/C12H10N2O5/c15-6-1-2-7-9(5-6)19-12(18)14(7)8-3-4-10(16)13-11(8)17/h1-2,5,8,15H,3-4H2,(H,13,16,17). The molecular weight excluding hydrogens is 252 g/mol. The Kier molecular flexibility index (Phi) is 2.41. The number of rotatable bonds is 1. The number of hydrogen-bond acceptors (Lipinski definition) is 5. The molecule has 0 saturated carbocycles. The number of carbonyl (C=O) groups excluding carboxylic acids is 2. The Morgan fingerprint density at radius 1 is 1.32 bits per heavy atom. The lowest BCUT2D eigenvalue weighted by molar-refractivity contribution is -0.135. The van der Waals surface area contributed by atoms with Crippen molar-refractivity contribution in [3.05, 3.63) is 28.7 Å². The van der Waals surface area contributed by atoms with Crippen LogP contribution in [0.4, 0.5) is 0 Å². The Morgan fingerprint density at radius 3 is 2.84 bits per heavy atom. The van der Waals surface area contributed by atoms with E-state index in [1.165, 1.54) is 22.8 Å². The highest BCUT2D eigenvalue weighted by Crippen LogP contribution is 2.25. The number of hydrogen-bond donors (Lipinski definition) is 2. The summed E-state index contributed by atoms with van der Waals surface area (Å²) in [5.41, 5.74) is 0.618. The third kappa shape index (κ3) is 1.79. The number of phenolic OH excluding ortho intramolecular Hbond substituents is 1. The van der Waals surface area contributed by atoms with Gasteiger partial charge in [-0.15, -0.1) is 0 Å². The number of piperidine rings is 1. The Hall–Kier alpha value is -2.57. The smallest absolute Gasteiger partial charge is 0.420 e. The van der Waals surface area contributed by atoms with Gasteiger partial charge in [-0.1, -0.05) is 0 Å². The van der Waals surface area contributed by atoms with Crippen molar-refractivity contribution >= 4 is 22.9 Å². The second-order valence-electron chi connectivity index (χ2n) is 4.36. The molecule has 1 aromatic heterocycles. The van der Waals surface area contributed by atoms with Crippen molar-refractivity contribution in [2.75, 3.05) is 0 Å². The Bertz CT molecular complexity index is 742. The third-order valence-corrected chi connectivity index (χ3v) is 3.12. The lowest BCUT2D eigenvalue weighted by Gasteiger charge is -2.21. The van der Waals surface area contributed by atoms with E-state index in [0.29, 0.717) is 5.52 Å². The maximum atomic E-state index is 11.8.